The number of hydrogen-bond acceptors (Lipinski definition) is 4. The van der Waals surface area contributed by atoms with Crippen LogP contribution in [0.15, 0.2) is 28.7 Å². The second-order valence-electron chi connectivity index (χ2n) is 5.48. The number of oxazole rings is 1. The highest BCUT2D eigenvalue weighted by Gasteiger charge is 2.14. The number of rotatable bonds is 7. The van der Waals surface area contributed by atoms with Crippen molar-refractivity contribution >= 4 is 5.91 Å². The number of amides is 1. The van der Waals surface area contributed by atoms with Crippen molar-refractivity contribution in [1.29, 1.82) is 0 Å². The number of carbonyl (C=O) groups is 1. The molecule has 0 unspecified atom stereocenters. The summed E-state index contributed by atoms with van der Waals surface area (Å²) < 4.78 is 23.9. The first kappa shape index (κ1) is 17.1. The lowest BCUT2D eigenvalue weighted by Crippen LogP contribution is -2.29. The molecule has 0 spiro atoms. The van der Waals surface area contributed by atoms with Crippen molar-refractivity contribution in [3.63, 3.8) is 0 Å². The topological polar surface area (TPSA) is 64.4 Å². The highest BCUT2D eigenvalue weighted by molar-refractivity contribution is 5.78. The van der Waals surface area contributed by atoms with Crippen molar-refractivity contribution in [2.75, 3.05) is 13.2 Å². The summed E-state index contributed by atoms with van der Waals surface area (Å²) in [5, 5.41) is 2.78. The molecule has 0 aliphatic rings. The van der Waals surface area contributed by atoms with Gasteiger partial charge >= 0.3 is 0 Å². The van der Waals surface area contributed by atoms with E-state index in [9.17, 15) is 9.18 Å². The van der Waals surface area contributed by atoms with Crippen LogP contribution in [0.4, 0.5) is 4.39 Å². The molecule has 1 heterocycles. The van der Waals surface area contributed by atoms with Crippen LogP contribution >= 0.6 is 0 Å². The van der Waals surface area contributed by atoms with Crippen LogP contribution < -0.4 is 5.32 Å². The molecule has 1 N–H and O–H groups in total. The van der Waals surface area contributed by atoms with Crippen molar-refractivity contribution in [2.45, 2.75) is 33.3 Å². The molecule has 0 aliphatic heterocycles. The number of carbonyl (C=O) groups excluding carboxylic acids is 1. The molecule has 1 amide bonds. The fourth-order valence-corrected chi connectivity index (χ4v) is 2.01. The first-order valence-corrected chi connectivity index (χ1v) is 7.56. The van der Waals surface area contributed by atoms with E-state index in [1.807, 2.05) is 13.8 Å². The Morgan fingerprint density at radius 2 is 2.04 bits per heavy atom. The number of benzene rings is 1. The van der Waals surface area contributed by atoms with Crippen LogP contribution in [0.3, 0.4) is 0 Å². The minimum Gasteiger partial charge on any atom is -0.441 e. The molecular weight excluding hydrogens is 299 g/mol. The minimum absolute atomic E-state index is 0.137. The lowest BCUT2D eigenvalue weighted by molar-refractivity contribution is -0.120. The van der Waals surface area contributed by atoms with Gasteiger partial charge in [0, 0.05) is 12.1 Å². The molecule has 124 valence electrons. The standard InChI is InChI=1S/C17H21FN2O3/c1-11(2)22-9-8-19-16(21)10-15-12(3)23-17(20-15)13-4-6-14(18)7-5-13/h4-7,11H,8-10H2,1-3H3,(H,19,21). The number of nitrogens with zero attached hydrogens (tertiary/aromatic N) is 1. The second-order valence-corrected chi connectivity index (χ2v) is 5.48. The van der Waals surface area contributed by atoms with Crippen LogP contribution in [-0.4, -0.2) is 30.1 Å². The summed E-state index contributed by atoms with van der Waals surface area (Å²) in [5.41, 5.74) is 1.25. The average Bonchev–Trinajstić information content (AvgIpc) is 2.85. The summed E-state index contributed by atoms with van der Waals surface area (Å²) in [4.78, 5) is 16.2. The van der Waals surface area contributed by atoms with Gasteiger partial charge < -0.3 is 14.5 Å². The molecule has 0 fully saturated rings. The van der Waals surface area contributed by atoms with Gasteiger partial charge in [-0.25, -0.2) is 9.37 Å². The normalized spacial score (nSPS) is 11.0. The second kappa shape index (κ2) is 7.87. The number of aryl methyl sites for hydroxylation is 1. The Morgan fingerprint density at radius 3 is 2.70 bits per heavy atom. The number of halogens is 1. The van der Waals surface area contributed by atoms with Crippen LogP contribution in [0.5, 0.6) is 0 Å². The van der Waals surface area contributed by atoms with Gasteiger partial charge in [0.25, 0.3) is 0 Å². The third-order valence-electron chi connectivity index (χ3n) is 3.19. The first-order valence-electron chi connectivity index (χ1n) is 7.56. The largest absolute Gasteiger partial charge is 0.441 e. The van der Waals surface area contributed by atoms with E-state index in [4.69, 9.17) is 9.15 Å². The highest BCUT2D eigenvalue weighted by Crippen LogP contribution is 2.22. The van der Waals surface area contributed by atoms with Crippen LogP contribution in [-0.2, 0) is 16.0 Å². The molecule has 0 bridgehead atoms. The molecule has 23 heavy (non-hydrogen) atoms. The third-order valence-corrected chi connectivity index (χ3v) is 3.19. The van der Waals surface area contributed by atoms with Gasteiger partial charge in [0.15, 0.2) is 0 Å². The maximum Gasteiger partial charge on any atom is 0.226 e. The van der Waals surface area contributed by atoms with E-state index in [-0.39, 0.29) is 24.2 Å². The Hall–Kier alpha value is -2.21. The Kier molecular flexibility index (Phi) is 5.87. The molecule has 2 rings (SSSR count). The van der Waals surface area contributed by atoms with E-state index >= 15 is 0 Å². The fourth-order valence-electron chi connectivity index (χ4n) is 2.01. The molecule has 0 radical (unpaired) electrons. The summed E-state index contributed by atoms with van der Waals surface area (Å²) in [6.07, 6.45) is 0.279. The van der Waals surface area contributed by atoms with Crippen molar-refractivity contribution in [2.24, 2.45) is 0 Å². The number of aromatic nitrogens is 1. The molecule has 1 aromatic heterocycles. The summed E-state index contributed by atoms with van der Waals surface area (Å²) in [7, 11) is 0. The van der Waals surface area contributed by atoms with Gasteiger partial charge in [-0.15, -0.1) is 0 Å². The van der Waals surface area contributed by atoms with Crippen molar-refractivity contribution in [1.82, 2.24) is 10.3 Å². The fraction of sp³-hybridized carbons (Fsp3) is 0.412. The summed E-state index contributed by atoms with van der Waals surface area (Å²) in [6, 6.07) is 5.87. The number of hydrogen-bond donors (Lipinski definition) is 1. The highest BCUT2D eigenvalue weighted by atomic mass is 19.1. The van der Waals surface area contributed by atoms with E-state index in [2.05, 4.69) is 10.3 Å². The van der Waals surface area contributed by atoms with Gasteiger partial charge in [0.1, 0.15) is 11.6 Å². The first-order chi connectivity index (χ1) is 11.0. The Balaban J connectivity index is 1.93. The maximum atomic E-state index is 12.9. The van der Waals surface area contributed by atoms with E-state index in [0.29, 0.717) is 36.1 Å². The van der Waals surface area contributed by atoms with Gasteiger partial charge in [-0.3, -0.25) is 4.79 Å². The van der Waals surface area contributed by atoms with Crippen molar-refractivity contribution in [3.05, 3.63) is 41.5 Å². The number of nitrogens with one attached hydrogen (secondary N) is 1. The molecule has 6 heteroatoms. The third kappa shape index (κ3) is 5.17. The summed E-state index contributed by atoms with van der Waals surface area (Å²) in [5.74, 6) is 0.506. The van der Waals surface area contributed by atoms with Gasteiger partial charge in [-0.05, 0) is 45.0 Å². The van der Waals surface area contributed by atoms with Gasteiger partial charge in [-0.1, -0.05) is 0 Å². The van der Waals surface area contributed by atoms with Gasteiger partial charge in [-0.2, -0.15) is 0 Å². The predicted molar refractivity (Wildman–Crippen MR) is 84.4 cm³/mol. The van der Waals surface area contributed by atoms with E-state index in [0.717, 1.165) is 0 Å². The Labute approximate surface area is 134 Å². The van der Waals surface area contributed by atoms with Crippen LogP contribution in [0.25, 0.3) is 11.5 Å². The lowest BCUT2D eigenvalue weighted by Gasteiger charge is -2.08. The zero-order chi connectivity index (χ0) is 16.8. The van der Waals surface area contributed by atoms with Crippen molar-refractivity contribution in [3.8, 4) is 11.5 Å². The smallest absolute Gasteiger partial charge is 0.226 e. The predicted octanol–water partition coefficient (Wildman–Crippen LogP) is 2.87. The Morgan fingerprint density at radius 1 is 1.35 bits per heavy atom. The van der Waals surface area contributed by atoms with Gasteiger partial charge in [0.2, 0.25) is 11.8 Å². The van der Waals surface area contributed by atoms with Crippen LogP contribution in [0.1, 0.15) is 25.3 Å². The van der Waals surface area contributed by atoms with Gasteiger partial charge in [0.05, 0.1) is 24.8 Å². The molecule has 1 aromatic carbocycles. The number of ether oxygens (including phenoxy) is 1. The van der Waals surface area contributed by atoms with Crippen molar-refractivity contribution < 1.29 is 18.3 Å². The molecule has 0 saturated heterocycles. The monoisotopic (exact) mass is 320 g/mol. The molecule has 2 aromatic rings. The zero-order valence-electron chi connectivity index (χ0n) is 13.6. The van der Waals surface area contributed by atoms with Crippen LogP contribution in [0, 0.1) is 12.7 Å². The maximum absolute atomic E-state index is 12.9. The molecule has 0 atom stereocenters. The summed E-state index contributed by atoms with van der Waals surface area (Å²) >= 11 is 0. The molecule has 0 aliphatic carbocycles. The zero-order valence-corrected chi connectivity index (χ0v) is 13.6. The summed E-state index contributed by atoms with van der Waals surface area (Å²) in [6.45, 7) is 6.57. The quantitative estimate of drug-likeness (QED) is 0.797. The van der Waals surface area contributed by atoms with E-state index in [1.54, 1.807) is 19.1 Å². The average molecular weight is 320 g/mol. The Bertz CT molecular complexity index is 650. The van der Waals surface area contributed by atoms with Crippen LogP contribution in [0.2, 0.25) is 0 Å². The molecule has 5 nitrogen and oxygen atoms in total. The lowest BCUT2D eigenvalue weighted by atomic mass is 10.2. The van der Waals surface area contributed by atoms with E-state index in [1.165, 1.54) is 12.1 Å². The molecule has 0 saturated carbocycles. The van der Waals surface area contributed by atoms with E-state index < -0.39 is 0 Å². The SMILES string of the molecule is Cc1oc(-c2ccc(F)cc2)nc1CC(=O)NCCOC(C)C. The minimum atomic E-state index is -0.319. The molecular formula is C17H21FN2O3.